The Balaban J connectivity index is 1.56. The summed E-state index contributed by atoms with van der Waals surface area (Å²) in [6, 6.07) is 16.1. The molecule has 29 heavy (non-hydrogen) atoms. The summed E-state index contributed by atoms with van der Waals surface area (Å²) in [7, 11) is 1.61. The van der Waals surface area contributed by atoms with Crippen LogP contribution in [0.3, 0.4) is 0 Å². The molecule has 4 aromatic rings. The number of hydrogen-bond acceptors (Lipinski definition) is 6. The number of rotatable bonds is 5. The van der Waals surface area contributed by atoms with Gasteiger partial charge in [0, 0.05) is 17.2 Å². The second-order valence-electron chi connectivity index (χ2n) is 6.47. The fourth-order valence-electron chi connectivity index (χ4n) is 2.86. The molecule has 0 aliphatic carbocycles. The summed E-state index contributed by atoms with van der Waals surface area (Å²) in [5.41, 5.74) is 2.65. The molecule has 0 atom stereocenters. The van der Waals surface area contributed by atoms with Gasteiger partial charge in [0.05, 0.1) is 19.3 Å². The number of nitrogens with one attached hydrogen (secondary N) is 1. The van der Waals surface area contributed by atoms with E-state index in [1.54, 1.807) is 13.2 Å². The number of methoxy groups -OCH3 is 1. The molecule has 1 amide bonds. The number of fused-ring (bicyclic) bond motifs is 1. The first-order chi connectivity index (χ1) is 14.0. The summed E-state index contributed by atoms with van der Waals surface area (Å²) in [4.78, 5) is 29.7. The van der Waals surface area contributed by atoms with Crippen molar-refractivity contribution in [2.75, 3.05) is 7.11 Å². The molecule has 0 bridgehead atoms. The van der Waals surface area contributed by atoms with Crippen LogP contribution in [0.2, 0.25) is 0 Å². The van der Waals surface area contributed by atoms with E-state index in [1.165, 1.54) is 21.9 Å². The van der Waals surface area contributed by atoms with Gasteiger partial charge in [0.1, 0.15) is 10.8 Å². The molecule has 0 aliphatic heterocycles. The van der Waals surface area contributed by atoms with Crippen LogP contribution in [-0.2, 0) is 6.54 Å². The van der Waals surface area contributed by atoms with Crippen LogP contribution in [-0.4, -0.2) is 27.6 Å². The van der Waals surface area contributed by atoms with E-state index in [1.807, 2.05) is 49.4 Å². The predicted octanol–water partition coefficient (Wildman–Crippen LogP) is 3.07. The van der Waals surface area contributed by atoms with Crippen molar-refractivity contribution < 1.29 is 9.53 Å². The average Bonchev–Trinajstić information content (AvgIpc) is 3.17. The van der Waals surface area contributed by atoms with Gasteiger partial charge in [-0.2, -0.15) is 9.61 Å². The Hall–Kier alpha value is -3.52. The van der Waals surface area contributed by atoms with Crippen LogP contribution in [0.25, 0.3) is 15.5 Å². The number of carbonyl (C=O) groups excluding carboxylic acids is 1. The van der Waals surface area contributed by atoms with Crippen LogP contribution in [0.4, 0.5) is 0 Å². The van der Waals surface area contributed by atoms with Crippen molar-refractivity contribution >= 4 is 22.2 Å². The minimum absolute atomic E-state index is 0.161. The van der Waals surface area contributed by atoms with Crippen LogP contribution in [0, 0.1) is 6.92 Å². The first kappa shape index (κ1) is 18.8. The van der Waals surface area contributed by atoms with Crippen molar-refractivity contribution in [2.45, 2.75) is 13.5 Å². The van der Waals surface area contributed by atoms with E-state index >= 15 is 0 Å². The molecule has 0 spiro atoms. The summed E-state index contributed by atoms with van der Waals surface area (Å²) in [6.45, 7) is 2.09. The van der Waals surface area contributed by atoms with Gasteiger partial charge in [-0.25, -0.2) is 4.98 Å². The molecule has 2 heterocycles. The molecule has 146 valence electrons. The summed E-state index contributed by atoms with van der Waals surface area (Å²) < 4.78 is 6.44. The van der Waals surface area contributed by atoms with Crippen molar-refractivity contribution in [1.29, 1.82) is 0 Å². The molecular formula is C21H18N4O3S. The van der Waals surface area contributed by atoms with Gasteiger partial charge < -0.3 is 10.1 Å². The van der Waals surface area contributed by atoms with Crippen molar-refractivity contribution in [1.82, 2.24) is 19.9 Å². The zero-order valence-corrected chi connectivity index (χ0v) is 16.7. The van der Waals surface area contributed by atoms with E-state index in [4.69, 9.17) is 4.74 Å². The molecule has 1 N–H and O–H groups in total. The number of carbonyl (C=O) groups is 1. The van der Waals surface area contributed by atoms with Crippen molar-refractivity contribution in [3.63, 3.8) is 0 Å². The zero-order valence-electron chi connectivity index (χ0n) is 15.9. The van der Waals surface area contributed by atoms with E-state index in [0.29, 0.717) is 21.2 Å². The van der Waals surface area contributed by atoms with Crippen molar-refractivity contribution in [3.05, 3.63) is 81.8 Å². The topological polar surface area (TPSA) is 85.6 Å². The molecule has 4 rings (SSSR count). The van der Waals surface area contributed by atoms with Crippen LogP contribution in [0.5, 0.6) is 5.75 Å². The van der Waals surface area contributed by atoms with Crippen molar-refractivity contribution in [2.24, 2.45) is 0 Å². The number of benzene rings is 2. The van der Waals surface area contributed by atoms with Gasteiger partial charge in [-0.05, 0) is 43.3 Å². The Labute approximate surface area is 170 Å². The normalized spacial score (nSPS) is 10.8. The summed E-state index contributed by atoms with van der Waals surface area (Å²) >= 11 is 1.31. The third kappa shape index (κ3) is 4.02. The van der Waals surface area contributed by atoms with Gasteiger partial charge in [-0.3, -0.25) is 9.59 Å². The van der Waals surface area contributed by atoms with Crippen LogP contribution in [0.15, 0.2) is 59.4 Å². The van der Waals surface area contributed by atoms with Gasteiger partial charge in [0.15, 0.2) is 0 Å². The smallest absolute Gasteiger partial charge is 0.275 e. The second kappa shape index (κ2) is 7.84. The summed E-state index contributed by atoms with van der Waals surface area (Å²) in [5, 5.41) is 7.85. The molecule has 2 aromatic carbocycles. The molecule has 0 saturated carbocycles. The maximum Gasteiger partial charge on any atom is 0.275 e. The Kier molecular flexibility index (Phi) is 5.09. The van der Waals surface area contributed by atoms with Crippen LogP contribution < -0.4 is 15.6 Å². The van der Waals surface area contributed by atoms with E-state index in [0.717, 1.165) is 16.9 Å². The number of ether oxygens (including phenoxy) is 1. The molecule has 0 aliphatic rings. The first-order valence-electron chi connectivity index (χ1n) is 8.92. The molecule has 0 unspecified atom stereocenters. The lowest BCUT2D eigenvalue weighted by Gasteiger charge is -2.05. The van der Waals surface area contributed by atoms with Gasteiger partial charge >= 0.3 is 0 Å². The maximum atomic E-state index is 12.4. The molecule has 8 heteroatoms. The summed E-state index contributed by atoms with van der Waals surface area (Å²) in [5.74, 6) is 0.538. The van der Waals surface area contributed by atoms with Crippen molar-refractivity contribution in [3.8, 4) is 16.3 Å². The average molecular weight is 406 g/mol. The van der Waals surface area contributed by atoms with Crippen LogP contribution in [0.1, 0.15) is 21.6 Å². The van der Waals surface area contributed by atoms with E-state index in [2.05, 4.69) is 15.4 Å². The first-order valence-corrected chi connectivity index (χ1v) is 9.74. The highest BCUT2D eigenvalue weighted by atomic mass is 32.1. The van der Waals surface area contributed by atoms with E-state index < -0.39 is 0 Å². The maximum absolute atomic E-state index is 12.4. The second-order valence-corrected chi connectivity index (χ2v) is 7.42. The SMILES string of the molecule is COc1ccc(-c2nn3c(=O)cc(CNC(=O)c4cccc(C)c4)nc3s2)cc1. The Morgan fingerprint density at radius 1 is 1.17 bits per heavy atom. The number of amides is 1. The lowest BCUT2D eigenvalue weighted by Crippen LogP contribution is -2.25. The number of hydrogen-bond donors (Lipinski definition) is 1. The quantitative estimate of drug-likeness (QED) is 0.551. The third-order valence-electron chi connectivity index (χ3n) is 4.35. The van der Waals surface area contributed by atoms with E-state index in [9.17, 15) is 9.59 Å². The minimum Gasteiger partial charge on any atom is -0.497 e. The Bertz CT molecular complexity index is 1250. The van der Waals surface area contributed by atoms with Gasteiger partial charge in [0.2, 0.25) is 4.96 Å². The summed E-state index contributed by atoms with van der Waals surface area (Å²) in [6.07, 6.45) is 0. The molecule has 0 saturated heterocycles. The lowest BCUT2D eigenvalue weighted by atomic mass is 10.1. The predicted molar refractivity (Wildman–Crippen MR) is 111 cm³/mol. The van der Waals surface area contributed by atoms with Gasteiger partial charge in [-0.1, -0.05) is 29.0 Å². The highest BCUT2D eigenvalue weighted by Crippen LogP contribution is 2.26. The molecule has 0 fully saturated rings. The van der Waals surface area contributed by atoms with E-state index in [-0.39, 0.29) is 18.0 Å². The molecule has 7 nitrogen and oxygen atoms in total. The fourth-order valence-corrected chi connectivity index (χ4v) is 3.79. The molecule has 0 radical (unpaired) electrons. The zero-order chi connectivity index (χ0) is 20.4. The Morgan fingerprint density at radius 3 is 2.69 bits per heavy atom. The van der Waals surface area contributed by atoms with Gasteiger partial charge in [-0.15, -0.1) is 0 Å². The monoisotopic (exact) mass is 406 g/mol. The number of nitrogens with zero attached hydrogens (tertiary/aromatic N) is 3. The minimum atomic E-state index is -0.286. The Morgan fingerprint density at radius 2 is 1.97 bits per heavy atom. The fraction of sp³-hybridized carbons (Fsp3) is 0.143. The number of aryl methyl sites for hydroxylation is 1. The highest BCUT2D eigenvalue weighted by molar-refractivity contribution is 7.19. The highest BCUT2D eigenvalue weighted by Gasteiger charge is 2.12. The van der Waals surface area contributed by atoms with Gasteiger partial charge in [0.25, 0.3) is 11.5 Å². The van der Waals surface area contributed by atoms with Crippen LogP contribution >= 0.6 is 11.3 Å². The largest absolute Gasteiger partial charge is 0.497 e. The third-order valence-corrected chi connectivity index (χ3v) is 5.30. The molecule has 2 aromatic heterocycles. The molecular weight excluding hydrogens is 388 g/mol. The lowest BCUT2D eigenvalue weighted by molar-refractivity contribution is 0.0950. The number of aromatic nitrogens is 3. The standard InChI is InChI=1S/C21H18N4O3S/c1-13-4-3-5-15(10-13)19(27)22-12-16-11-18(26)25-21(23-16)29-20(24-25)14-6-8-17(28-2)9-7-14/h3-11H,12H2,1-2H3,(H,22,27).